The Morgan fingerprint density at radius 1 is 0.941 bits per heavy atom. The number of ketones is 1. The Balaban J connectivity index is 2.04. The second-order valence-corrected chi connectivity index (χ2v) is 8.17. The van der Waals surface area contributed by atoms with Gasteiger partial charge in [-0.3, -0.25) is 14.5 Å². The maximum atomic E-state index is 14.1. The molecule has 0 saturated carbocycles. The van der Waals surface area contributed by atoms with Crippen molar-refractivity contribution in [1.29, 1.82) is 0 Å². The number of anilines is 1. The molecule has 0 bridgehead atoms. The number of benzene rings is 3. The molecule has 1 saturated heterocycles. The number of amides is 1. The fourth-order valence-corrected chi connectivity index (χ4v) is 4.25. The molecule has 6 nitrogen and oxygen atoms in total. The van der Waals surface area contributed by atoms with Crippen LogP contribution in [0.5, 0.6) is 11.5 Å². The summed E-state index contributed by atoms with van der Waals surface area (Å²) >= 11 is 12.3. The second-order valence-electron chi connectivity index (χ2n) is 7.36. The van der Waals surface area contributed by atoms with E-state index in [9.17, 15) is 19.1 Å². The van der Waals surface area contributed by atoms with E-state index in [1.807, 2.05) is 0 Å². The molecular weight excluding hydrogens is 484 g/mol. The average Bonchev–Trinajstić information content (AvgIpc) is 3.10. The normalized spacial score (nSPS) is 17.2. The molecular formula is C25H18Cl2FNO5. The van der Waals surface area contributed by atoms with Gasteiger partial charge < -0.3 is 14.6 Å². The first-order valence-corrected chi connectivity index (χ1v) is 10.8. The third kappa shape index (κ3) is 3.97. The Kier molecular flexibility index (Phi) is 6.50. The lowest BCUT2D eigenvalue weighted by molar-refractivity contribution is -0.132. The summed E-state index contributed by atoms with van der Waals surface area (Å²) in [4.78, 5) is 27.6. The fourth-order valence-electron chi connectivity index (χ4n) is 3.94. The van der Waals surface area contributed by atoms with E-state index >= 15 is 0 Å². The zero-order chi connectivity index (χ0) is 24.6. The van der Waals surface area contributed by atoms with Gasteiger partial charge in [-0.05, 0) is 48.0 Å². The number of aliphatic hydroxyl groups is 1. The standard InChI is InChI=1S/C25H18Cl2FNO5/c1-33-18-7-4-8-19(34-2)20(18)23(30)21-22(13-9-10-16(26)17(27)11-13)29(25(32)24(21)31)15-6-3-5-14(28)12-15/h3-12,22,30H,1-2H3/b23-21+. The summed E-state index contributed by atoms with van der Waals surface area (Å²) in [7, 11) is 2.79. The number of aliphatic hydroxyl groups excluding tert-OH is 1. The summed E-state index contributed by atoms with van der Waals surface area (Å²) in [6.07, 6.45) is 0. The number of nitrogens with zero attached hydrogens (tertiary/aromatic N) is 1. The number of ether oxygens (including phenoxy) is 2. The molecule has 0 aromatic heterocycles. The molecule has 0 radical (unpaired) electrons. The highest BCUT2D eigenvalue weighted by atomic mass is 35.5. The molecule has 1 unspecified atom stereocenters. The highest BCUT2D eigenvalue weighted by Gasteiger charge is 2.47. The van der Waals surface area contributed by atoms with Gasteiger partial charge in [0.15, 0.2) is 0 Å². The molecule has 1 amide bonds. The van der Waals surface area contributed by atoms with Gasteiger partial charge in [-0.1, -0.05) is 41.4 Å². The fraction of sp³-hybridized carbons (Fsp3) is 0.120. The number of hydrogen-bond donors (Lipinski definition) is 1. The maximum absolute atomic E-state index is 14.1. The molecule has 3 aromatic rings. The highest BCUT2D eigenvalue weighted by Crippen LogP contribution is 2.45. The zero-order valence-electron chi connectivity index (χ0n) is 18.0. The minimum absolute atomic E-state index is 0.0924. The number of carbonyl (C=O) groups is 2. The van der Waals surface area contributed by atoms with Crippen LogP contribution in [0.25, 0.3) is 5.76 Å². The quantitative estimate of drug-likeness (QED) is 0.272. The predicted molar refractivity (Wildman–Crippen MR) is 127 cm³/mol. The summed E-state index contributed by atoms with van der Waals surface area (Å²) < 4.78 is 24.8. The molecule has 0 aliphatic carbocycles. The van der Waals surface area contributed by atoms with Gasteiger partial charge in [-0.2, -0.15) is 0 Å². The molecule has 174 valence electrons. The summed E-state index contributed by atoms with van der Waals surface area (Å²) in [5, 5.41) is 11.8. The molecule has 4 rings (SSSR count). The minimum atomic E-state index is -1.13. The predicted octanol–water partition coefficient (Wildman–Crippen LogP) is 5.78. The monoisotopic (exact) mass is 501 g/mol. The van der Waals surface area contributed by atoms with Gasteiger partial charge in [0.1, 0.15) is 28.6 Å². The smallest absolute Gasteiger partial charge is 0.300 e. The van der Waals surface area contributed by atoms with Crippen LogP contribution in [0.15, 0.2) is 66.2 Å². The van der Waals surface area contributed by atoms with Crippen LogP contribution in [-0.2, 0) is 9.59 Å². The van der Waals surface area contributed by atoms with E-state index in [4.69, 9.17) is 32.7 Å². The van der Waals surface area contributed by atoms with Crippen LogP contribution in [0.3, 0.4) is 0 Å². The van der Waals surface area contributed by atoms with Crippen molar-refractivity contribution in [3.63, 3.8) is 0 Å². The Bertz CT molecular complexity index is 1320. The lowest BCUT2D eigenvalue weighted by atomic mass is 9.94. The molecule has 1 aliphatic rings. The summed E-state index contributed by atoms with van der Waals surface area (Å²) in [6.45, 7) is 0. The lowest BCUT2D eigenvalue weighted by Crippen LogP contribution is -2.29. The van der Waals surface area contributed by atoms with Gasteiger partial charge in [-0.15, -0.1) is 0 Å². The van der Waals surface area contributed by atoms with Crippen molar-refractivity contribution in [3.8, 4) is 11.5 Å². The number of carbonyl (C=O) groups excluding carboxylic acids is 2. The van der Waals surface area contributed by atoms with Crippen LogP contribution in [0.4, 0.5) is 10.1 Å². The van der Waals surface area contributed by atoms with Crippen LogP contribution in [0.1, 0.15) is 17.2 Å². The first-order valence-electron chi connectivity index (χ1n) is 10.0. The van der Waals surface area contributed by atoms with E-state index in [2.05, 4.69) is 0 Å². The van der Waals surface area contributed by atoms with Crippen molar-refractivity contribution in [2.75, 3.05) is 19.1 Å². The van der Waals surface area contributed by atoms with Gasteiger partial charge in [0, 0.05) is 5.69 Å². The van der Waals surface area contributed by atoms with E-state index < -0.39 is 29.3 Å². The van der Waals surface area contributed by atoms with Crippen LogP contribution < -0.4 is 14.4 Å². The third-order valence-corrected chi connectivity index (χ3v) is 6.19. The van der Waals surface area contributed by atoms with Crippen molar-refractivity contribution >= 4 is 46.3 Å². The lowest BCUT2D eigenvalue weighted by Gasteiger charge is -2.26. The molecule has 1 fully saturated rings. The van der Waals surface area contributed by atoms with Gasteiger partial charge in [0.2, 0.25) is 0 Å². The van der Waals surface area contributed by atoms with Crippen LogP contribution in [-0.4, -0.2) is 31.0 Å². The Labute approximate surface area is 204 Å². The van der Waals surface area contributed by atoms with E-state index in [1.165, 1.54) is 44.6 Å². The van der Waals surface area contributed by atoms with E-state index in [0.29, 0.717) is 5.56 Å². The van der Waals surface area contributed by atoms with Crippen LogP contribution in [0, 0.1) is 5.82 Å². The average molecular weight is 502 g/mol. The van der Waals surface area contributed by atoms with Crippen molar-refractivity contribution < 1.29 is 28.6 Å². The van der Waals surface area contributed by atoms with Crippen LogP contribution in [0.2, 0.25) is 10.0 Å². The summed E-state index contributed by atoms with van der Waals surface area (Å²) in [5.41, 5.74) is 0.364. The van der Waals surface area contributed by atoms with E-state index in [1.54, 1.807) is 24.3 Å². The Morgan fingerprint density at radius 3 is 2.18 bits per heavy atom. The van der Waals surface area contributed by atoms with Gasteiger partial charge in [0.25, 0.3) is 11.7 Å². The molecule has 1 heterocycles. The van der Waals surface area contributed by atoms with E-state index in [-0.39, 0.29) is 38.4 Å². The molecule has 34 heavy (non-hydrogen) atoms. The SMILES string of the molecule is COc1cccc(OC)c1/C(O)=C1\C(=O)C(=O)N(c2cccc(F)c2)C1c1ccc(Cl)c(Cl)c1. The maximum Gasteiger partial charge on any atom is 0.300 e. The van der Waals surface area contributed by atoms with Crippen molar-refractivity contribution in [2.45, 2.75) is 6.04 Å². The van der Waals surface area contributed by atoms with Crippen molar-refractivity contribution in [2.24, 2.45) is 0 Å². The molecule has 0 spiro atoms. The molecule has 9 heteroatoms. The Hall–Kier alpha value is -3.55. The first-order chi connectivity index (χ1) is 16.3. The topological polar surface area (TPSA) is 76.1 Å². The largest absolute Gasteiger partial charge is 0.506 e. The second kappa shape index (κ2) is 9.37. The highest BCUT2D eigenvalue weighted by molar-refractivity contribution is 6.52. The zero-order valence-corrected chi connectivity index (χ0v) is 19.5. The molecule has 1 atom stereocenters. The van der Waals surface area contributed by atoms with Crippen molar-refractivity contribution in [1.82, 2.24) is 0 Å². The van der Waals surface area contributed by atoms with Gasteiger partial charge in [0.05, 0.1) is 35.9 Å². The summed E-state index contributed by atoms with van der Waals surface area (Å²) in [5.74, 6) is -2.58. The first kappa shape index (κ1) is 23.6. The molecule has 3 aromatic carbocycles. The van der Waals surface area contributed by atoms with Crippen LogP contribution >= 0.6 is 23.2 Å². The molecule has 1 N–H and O–H groups in total. The number of rotatable bonds is 5. The summed E-state index contributed by atoms with van der Waals surface area (Å²) in [6, 6.07) is 13.5. The van der Waals surface area contributed by atoms with E-state index in [0.717, 1.165) is 11.0 Å². The number of Topliss-reactive ketones (excluding diaryl/α,β-unsaturated/α-hetero) is 1. The number of methoxy groups -OCH3 is 2. The van der Waals surface area contributed by atoms with Gasteiger partial charge >= 0.3 is 0 Å². The number of halogens is 3. The Morgan fingerprint density at radius 2 is 1.59 bits per heavy atom. The van der Waals surface area contributed by atoms with Crippen molar-refractivity contribution in [3.05, 3.63) is 93.2 Å². The van der Waals surface area contributed by atoms with Gasteiger partial charge in [-0.25, -0.2) is 4.39 Å². The number of hydrogen-bond acceptors (Lipinski definition) is 5. The molecule has 1 aliphatic heterocycles. The third-order valence-electron chi connectivity index (χ3n) is 5.45. The minimum Gasteiger partial charge on any atom is -0.506 e.